The van der Waals surface area contributed by atoms with Gasteiger partial charge in [-0.25, -0.2) is 0 Å². The number of nitrogens with two attached hydrogens (primary N) is 1. The minimum absolute atomic E-state index is 0.0457. The van der Waals surface area contributed by atoms with Gasteiger partial charge in [0.15, 0.2) is 6.10 Å². The van der Waals surface area contributed by atoms with Gasteiger partial charge in [0, 0.05) is 11.7 Å². The summed E-state index contributed by atoms with van der Waals surface area (Å²) in [6.45, 7) is 5.16. The average molecular weight is 324 g/mol. The third-order valence-corrected chi connectivity index (χ3v) is 4.21. The van der Waals surface area contributed by atoms with Gasteiger partial charge in [0.2, 0.25) is 0 Å². The zero-order valence-electron chi connectivity index (χ0n) is 13.8. The summed E-state index contributed by atoms with van der Waals surface area (Å²) in [6.07, 6.45) is 3.47. The Morgan fingerprint density at radius 1 is 1.29 bits per heavy atom. The second kappa shape index (κ2) is 5.49. The summed E-state index contributed by atoms with van der Waals surface area (Å²) < 4.78 is 13.8. The number of benzene rings is 1. The first-order chi connectivity index (χ1) is 11.5. The Kier molecular flexibility index (Phi) is 3.42. The van der Waals surface area contributed by atoms with Crippen LogP contribution in [0.5, 0.6) is 11.8 Å². The third kappa shape index (κ3) is 2.69. The molecule has 0 radical (unpaired) electrons. The summed E-state index contributed by atoms with van der Waals surface area (Å²) in [6, 6.07) is 10.5. The zero-order chi connectivity index (χ0) is 16.7. The third-order valence-electron chi connectivity index (χ3n) is 4.21. The molecule has 0 fully saturated rings. The van der Waals surface area contributed by atoms with E-state index in [0.717, 1.165) is 28.9 Å². The predicted molar refractivity (Wildman–Crippen MR) is 91.1 cm³/mol. The first-order valence-electron chi connectivity index (χ1n) is 8.00. The fraction of sp³-hybridized carbons (Fsp3) is 0.333. The van der Waals surface area contributed by atoms with E-state index in [-0.39, 0.29) is 11.6 Å². The molecular weight excluding hydrogens is 304 g/mol. The van der Waals surface area contributed by atoms with E-state index in [0.29, 0.717) is 12.6 Å². The van der Waals surface area contributed by atoms with Gasteiger partial charge in [0.05, 0.1) is 18.3 Å². The second-order valence-electron chi connectivity index (χ2n) is 6.67. The maximum absolute atomic E-state index is 6.09. The standard InChI is InChI=1S/C18H20N4O2/c1-18(2,19)12-3-5-13(6-4-12)23-11-14-10-22-16-7-8-20-9-15(16)21-17(22)24-14/h3-9,14H,10-11,19H2,1-2H3/t14-/m0/s1. The summed E-state index contributed by atoms with van der Waals surface area (Å²) in [5.41, 5.74) is 8.71. The molecule has 0 spiro atoms. The highest BCUT2D eigenvalue weighted by molar-refractivity contribution is 5.75. The van der Waals surface area contributed by atoms with E-state index in [1.165, 1.54) is 0 Å². The molecule has 3 heterocycles. The largest absolute Gasteiger partial charge is 0.490 e. The van der Waals surface area contributed by atoms with Crippen molar-refractivity contribution < 1.29 is 9.47 Å². The minimum Gasteiger partial charge on any atom is -0.490 e. The Balaban J connectivity index is 1.40. The highest BCUT2D eigenvalue weighted by atomic mass is 16.6. The molecule has 4 rings (SSSR count). The van der Waals surface area contributed by atoms with E-state index >= 15 is 0 Å². The molecule has 1 aliphatic rings. The van der Waals surface area contributed by atoms with Crippen molar-refractivity contribution >= 4 is 11.0 Å². The summed E-state index contributed by atoms with van der Waals surface area (Å²) in [5, 5.41) is 0. The lowest BCUT2D eigenvalue weighted by Gasteiger charge is -2.19. The Labute approximate surface area is 140 Å². The van der Waals surface area contributed by atoms with Crippen molar-refractivity contribution in [3.63, 3.8) is 0 Å². The number of ether oxygens (including phenoxy) is 2. The Morgan fingerprint density at radius 3 is 2.83 bits per heavy atom. The topological polar surface area (TPSA) is 75.2 Å². The number of hydrogen-bond donors (Lipinski definition) is 1. The summed E-state index contributed by atoms with van der Waals surface area (Å²) in [4.78, 5) is 8.53. The van der Waals surface area contributed by atoms with Gasteiger partial charge in [0.25, 0.3) is 6.01 Å². The van der Waals surface area contributed by atoms with Crippen molar-refractivity contribution in [2.75, 3.05) is 6.61 Å². The normalized spacial score (nSPS) is 16.9. The predicted octanol–water partition coefficient (Wildman–Crippen LogP) is 2.47. The Hall–Kier alpha value is -2.60. The van der Waals surface area contributed by atoms with Crippen LogP contribution in [0.25, 0.3) is 11.0 Å². The van der Waals surface area contributed by atoms with Gasteiger partial charge < -0.3 is 15.2 Å². The summed E-state index contributed by atoms with van der Waals surface area (Å²) in [5.74, 6) is 0.810. The molecule has 1 aromatic carbocycles. The van der Waals surface area contributed by atoms with Gasteiger partial charge in [0.1, 0.15) is 17.9 Å². The van der Waals surface area contributed by atoms with Crippen molar-refractivity contribution in [3.8, 4) is 11.8 Å². The van der Waals surface area contributed by atoms with Crippen LogP contribution in [-0.4, -0.2) is 27.2 Å². The highest BCUT2D eigenvalue weighted by Crippen LogP contribution is 2.27. The molecule has 0 aliphatic carbocycles. The second-order valence-corrected chi connectivity index (χ2v) is 6.67. The number of aromatic nitrogens is 3. The highest BCUT2D eigenvalue weighted by Gasteiger charge is 2.27. The first kappa shape index (κ1) is 15.0. The SMILES string of the molecule is CC(C)(N)c1ccc(OC[C@@H]2Cn3c(nc4cnccc43)O2)cc1. The molecule has 6 heteroatoms. The zero-order valence-corrected chi connectivity index (χ0v) is 13.8. The van der Waals surface area contributed by atoms with Gasteiger partial charge in [-0.15, -0.1) is 0 Å². The van der Waals surface area contributed by atoms with Gasteiger partial charge in [-0.05, 0) is 37.6 Å². The number of nitrogens with zero attached hydrogens (tertiary/aromatic N) is 3. The van der Waals surface area contributed by atoms with Crippen LogP contribution in [0, 0.1) is 0 Å². The lowest BCUT2D eigenvalue weighted by molar-refractivity contribution is 0.144. The van der Waals surface area contributed by atoms with E-state index in [1.807, 2.05) is 44.2 Å². The molecule has 1 atom stereocenters. The molecule has 24 heavy (non-hydrogen) atoms. The van der Waals surface area contributed by atoms with E-state index in [2.05, 4.69) is 14.5 Å². The van der Waals surface area contributed by atoms with Crippen LogP contribution in [-0.2, 0) is 12.1 Å². The Bertz CT molecular complexity index is 865. The van der Waals surface area contributed by atoms with Gasteiger partial charge in [-0.3, -0.25) is 9.55 Å². The van der Waals surface area contributed by atoms with Crippen LogP contribution in [0.1, 0.15) is 19.4 Å². The van der Waals surface area contributed by atoms with E-state index < -0.39 is 0 Å². The van der Waals surface area contributed by atoms with Crippen LogP contribution in [0.2, 0.25) is 0 Å². The summed E-state index contributed by atoms with van der Waals surface area (Å²) in [7, 11) is 0. The maximum atomic E-state index is 6.09. The van der Waals surface area contributed by atoms with Gasteiger partial charge in [-0.1, -0.05) is 12.1 Å². The molecule has 3 aromatic rings. The molecule has 0 saturated carbocycles. The van der Waals surface area contributed by atoms with Crippen LogP contribution < -0.4 is 15.2 Å². The quantitative estimate of drug-likeness (QED) is 0.798. The summed E-state index contributed by atoms with van der Waals surface area (Å²) >= 11 is 0. The van der Waals surface area contributed by atoms with E-state index in [9.17, 15) is 0 Å². The molecule has 0 saturated heterocycles. The van der Waals surface area contributed by atoms with Crippen LogP contribution in [0.4, 0.5) is 0 Å². The molecule has 6 nitrogen and oxygen atoms in total. The van der Waals surface area contributed by atoms with Crippen molar-refractivity contribution in [2.45, 2.75) is 32.0 Å². The number of hydrogen-bond acceptors (Lipinski definition) is 5. The van der Waals surface area contributed by atoms with Crippen LogP contribution in [0.15, 0.2) is 42.7 Å². The van der Waals surface area contributed by atoms with Crippen molar-refractivity contribution in [1.29, 1.82) is 0 Å². The number of imidazole rings is 1. The number of rotatable bonds is 4. The van der Waals surface area contributed by atoms with Crippen LogP contribution in [0.3, 0.4) is 0 Å². The monoisotopic (exact) mass is 324 g/mol. The number of fused-ring (bicyclic) bond motifs is 3. The van der Waals surface area contributed by atoms with Crippen molar-refractivity contribution in [2.24, 2.45) is 5.73 Å². The lowest BCUT2D eigenvalue weighted by atomic mass is 9.96. The molecular formula is C18H20N4O2. The average Bonchev–Trinajstić information content (AvgIpc) is 3.10. The molecule has 124 valence electrons. The molecule has 1 aliphatic heterocycles. The maximum Gasteiger partial charge on any atom is 0.297 e. The molecule has 2 N–H and O–H groups in total. The fourth-order valence-electron chi connectivity index (χ4n) is 2.87. The molecule has 2 aromatic heterocycles. The number of pyridine rings is 1. The smallest absolute Gasteiger partial charge is 0.297 e. The van der Waals surface area contributed by atoms with Gasteiger partial charge in [-0.2, -0.15) is 4.98 Å². The van der Waals surface area contributed by atoms with Crippen LogP contribution >= 0.6 is 0 Å². The van der Waals surface area contributed by atoms with E-state index in [4.69, 9.17) is 15.2 Å². The van der Waals surface area contributed by atoms with Gasteiger partial charge >= 0.3 is 0 Å². The Morgan fingerprint density at radius 2 is 2.08 bits per heavy atom. The first-order valence-corrected chi connectivity index (χ1v) is 8.00. The van der Waals surface area contributed by atoms with Crippen molar-refractivity contribution in [3.05, 3.63) is 48.3 Å². The minimum atomic E-state index is -0.349. The van der Waals surface area contributed by atoms with Crippen molar-refractivity contribution in [1.82, 2.24) is 14.5 Å². The van der Waals surface area contributed by atoms with E-state index in [1.54, 1.807) is 12.4 Å². The lowest BCUT2D eigenvalue weighted by Crippen LogP contribution is -2.28. The fourth-order valence-corrected chi connectivity index (χ4v) is 2.87. The molecule has 0 amide bonds. The molecule has 0 bridgehead atoms. The molecule has 0 unspecified atom stereocenters.